The van der Waals surface area contributed by atoms with E-state index < -0.39 is 9.84 Å². The summed E-state index contributed by atoms with van der Waals surface area (Å²) in [6, 6.07) is 5.33. The molecular weight excluding hydrogens is 495 g/mol. The highest BCUT2D eigenvalue weighted by atomic mass is 127. The maximum Gasteiger partial charge on any atom is 0.191 e. The van der Waals surface area contributed by atoms with Crippen molar-refractivity contribution >= 4 is 51.1 Å². The minimum absolute atomic E-state index is 0. The Morgan fingerprint density at radius 3 is 2.44 bits per heavy atom. The predicted octanol–water partition coefficient (Wildman–Crippen LogP) is 3.35. The molecule has 0 aliphatic carbocycles. The van der Waals surface area contributed by atoms with Crippen LogP contribution in [0.4, 0.5) is 0 Å². The quantitative estimate of drug-likeness (QED) is 0.346. The highest BCUT2D eigenvalue weighted by Crippen LogP contribution is 2.17. The van der Waals surface area contributed by atoms with Gasteiger partial charge < -0.3 is 10.6 Å². The number of aromatic nitrogens is 1. The van der Waals surface area contributed by atoms with Crippen molar-refractivity contribution in [3.05, 3.63) is 44.9 Å². The Hall–Kier alpha value is -1.20. The van der Waals surface area contributed by atoms with Crippen molar-refractivity contribution < 1.29 is 8.42 Å². The van der Waals surface area contributed by atoms with Crippen molar-refractivity contribution in [2.24, 2.45) is 4.99 Å². The first-order valence-corrected chi connectivity index (χ1v) is 11.2. The Bertz CT molecular complexity index is 889. The van der Waals surface area contributed by atoms with Crippen molar-refractivity contribution in [2.75, 3.05) is 12.8 Å². The average Bonchev–Trinajstić information content (AvgIpc) is 2.87. The summed E-state index contributed by atoms with van der Waals surface area (Å²) >= 11 is 1.68. The summed E-state index contributed by atoms with van der Waals surface area (Å²) in [6.07, 6.45) is 1.22. The summed E-state index contributed by atoms with van der Waals surface area (Å²) < 4.78 is 23.4. The molecule has 2 N–H and O–H groups in total. The Kier molecular flexibility index (Phi) is 9.16. The zero-order chi connectivity index (χ0) is 19.3. The zero-order valence-corrected chi connectivity index (χ0v) is 20.3. The van der Waals surface area contributed by atoms with Crippen LogP contribution >= 0.6 is 35.3 Å². The van der Waals surface area contributed by atoms with E-state index in [4.69, 9.17) is 0 Å². The molecule has 0 radical (unpaired) electrons. The number of nitrogens with one attached hydrogen (secondary N) is 2. The van der Waals surface area contributed by atoms with E-state index in [2.05, 4.69) is 27.5 Å². The molecule has 0 aliphatic heterocycles. The number of hydrogen-bond acceptors (Lipinski definition) is 5. The van der Waals surface area contributed by atoms with Gasteiger partial charge in [-0.2, -0.15) is 0 Å². The van der Waals surface area contributed by atoms with Crippen molar-refractivity contribution in [1.29, 1.82) is 0 Å². The second kappa shape index (κ2) is 10.4. The molecule has 0 fully saturated rings. The van der Waals surface area contributed by atoms with Gasteiger partial charge in [-0.3, -0.25) is 0 Å². The number of guanidine groups is 1. The molecule has 0 saturated heterocycles. The van der Waals surface area contributed by atoms with Crippen LogP contribution in [0.3, 0.4) is 0 Å². The van der Waals surface area contributed by atoms with Crippen LogP contribution in [-0.2, 0) is 22.9 Å². The number of aliphatic imine (C=N–C) groups is 1. The molecule has 0 aliphatic rings. The molecule has 9 heteroatoms. The first-order valence-electron chi connectivity index (χ1n) is 8.45. The Balaban J connectivity index is 0.00000364. The lowest BCUT2D eigenvalue weighted by molar-refractivity contribution is 0.601. The van der Waals surface area contributed by atoms with Gasteiger partial charge in [-0.1, -0.05) is 12.1 Å². The van der Waals surface area contributed by atoms with Crippen LogP contribution in [0.1, 0.15) is 33.6 Å². The maximum atomic E-state index is 11.7. The predicted molar refractivity (Wildman–Crippen MR) is 123 cm³/mol. The maximum absolute atomic E-state index is 11.7. The first-order chi connectivity index (χ1) is 12.2. The summed E-state index contributed by atoms with van der Waals surface area (Å²) in [5.74, 6) is 0.711. The lowest BCUT2D eigenvalue weighted by Gasteiger charge is -2.11. The van der Waals surface area contributed by atoms with Crippen molar-refractivity contribution in [2.45, 2.75) is 45.7 Å². The fourth-order valence-corrected chi connectivity index (χ4v) is 4.34. The third kappa shape index (κ3) is 7.04. The number of benzene rings is 1. The van der Waals surface area contributed by atoms with Crippen LogP contribution < -0.4 is 10.6 Å². The van der Waals surface area contributed by atoms with Gasteiger partial charge in [-0.15, -0.1) is 35.3 Å². The Morgan fingerprint density at radius 2 is 1.93 bits per heavy atom. The number of hydrogen-bond donors (Lipinski definition) is 2. The summed E-state index contributed by atoms with van der Waals surface area (Å²) in [5.41, 5.74) is 2.77. The van der Waals surface area contributed by atoms with E-state index in [0.29, 0.717) is 23.9 Å². The van der Waals surface area contributed by atoms with Crippen LogP contribution in [0.15, 0.2) is 28.1 Å². The number of rotatable bonds is 6. The van der Waals surface area contributed by atoms with Crippen LogP contribution in [-0.4, -0.2) is 32.2 Å². The standard InChI is InChI=1S/C18H26N4O2S2.HI/c1-6-19-18(21-11-17-22-13(3)14(4)25-17)20-10-15-7-8-16(12(2)9-15)26(5,23)24;/h7-9H,6,10-11H2,1-5H3,(H2,19,20,21);1H. The lowest BCUT2D eigenvalue weighted by atomic mass is 10.1. The molecule has 2 aromatic rings. The fraction of sp³-hybridized carbons (Fsp3) is 0.444. The summed E-state index contributed by atoms with van der Waals surface area (Å²) in [4.78, 5) is 10.7. The zero-order valence-electron chi connectivity index (χ0n) is 16.3. The van der Waals surface area contributed by atoms with Crippen molar-refractivity contribution in [1.82, 2.24) is 15.6 Å². The molecule has 27 heavy (non-hydrogen) atoms. The van der Waals surface area contributed by atoms with Crippen LogP contribution in [0, 0.1) is 20.8 Å². The second-order valence-corrected chi connectivity index (χ2v) is 9.44. The molecule has 1 aromatic carbocycles. The SMILES string of the molecule is CCNC(=NCc1ccc(S(C)(=O)=O)c(C)c1)NCc1nc(C)c(C)s1.I. The highest BCUT2D eigenvalue weighted by Gasteiger charge is 2.11. The van der Waals surface area contributed by atoms with Gasteiger partial charge in [0.1, 0.15) is 5.01 Å². The van der Waals surface area contributed by atoms with Crippen LogP contribution in [0.25, 0.3) is 0 Å². The van der Waals surface area contributed by atoms with E-state index in [0.717, 1.165) is 28.4 Å². The highest BCUT2D eigenvalue weighted by molar-refractivity contribution is 14.0. The number of aryl methyl sites for hydroxylation is 3. The largest absolute Gasteiger partial charge is 0.357 e. The summed E-state index contributed by atoms with van der Waals surface area (Å²) in [7, 11) is -3.20. The molecule has 0 saturated carbocycles. The third-order valence-electron chi connectivity index (χ3n) is 3.88. The van der Waals surface area contributed by atoms with Gasteiger partial charge >= 0.3 is 0 Å². The van der Waals surface area contributed by atoms with Gasteiger partial charge in [-0.05, 0) is 44.9 Å². The Labute approximate surface area is 182 Å². The monoisotopic (exact) mass is 522 g/mol. The number of halogens is 1. The molecule has 6 nitrogen and oxygen atoms in total. The van der Waals surface area contributed by atoms with Gasteiger partial charge in [0.25, 0.3) is 0 Å². The molecule has 2 rings (SSSR count). The van der Waals surface area contributed by atoms with Crippen LogP contribution in [0.5, 0.6) is 0 Å². The molecule has 0 atom stereocenters. The summed E-state index contributed by atoms with van der Waals surface area (Å²) in [5, 5.41) is 7.53. The van der Waals surface area contributed by atoms with Gasteiger partial charge in [0, 0.05) is 17.7 Å². The topological polar surface area (TPSA) is 83.5 Å². The van der Waals surface area contributed by atoms with E-state index >= 15 is 0 Å². The molecule has 1 heterocycles. The van der Waals surface area contributed by atoms with Gasteiger partial charge in [0.2, 0.25) is 0 Å². The third-order valence-corrected chi connectivity index (χ3v) is 6.21. The summed E-state index contributed by atoms with van der Waals surface area (Å²) in [6.45, 7) is 9.75. The van der Waals surface area contributed by atoms with E-state index in [-0.39, 0.29) is 24.0 Å². The fourth-order valence-electron chi connectivity index (χ4n) is 2.51. The van der Waals surface area contributed by atoms with Gasteiger partial charge in [0.15, 0.2) is 15.8 Å². The smallest absolute Gasteiger partial charge is 0.191 e. The number of sulfone groups is 1. The second-order valence-electron chi connectivity index (χ2n) is 6.17. The van der Waals surface area contributed by atoms with E-state index in [1.165, 1.54) is 11.1 Å². The average molecular weight is 522 g/mol. The van der Waals surface area contributed by atoms with Crippen molar-refractivity contribution in [3.8, 4) is 0 Å². The van der Waals surface area contributed by atoms with E-state index in [1.807, 2.05) is 26.0 Å². The van der Waals surface area contributed by atoms with E-state index in [1.54, 1.807) is 24.3 Å². The Morgan fingerprint density at radius 1 is 1.22 bits per heavy atom. The van der Waals surface area contributed by atoms with Crippen LogP contribution in [0.2, 0.25) is 0 Å². The molecule has 1 aromatic heterocycles. The minimum Gasteiger partial charge on any atom is -0.357 e. The number of nitrogens with zero attached hydrogens (tertiary/aromatic N) is 2. The molecule has 0 bridgehead atoms. The molecular formula is C18H27IN4O2S2. The lowest BCUT2D eigenvalue weighted by Crippen LogP contribution is -2.36. The first kappa shape index (κ1) is 23.8. The number of thiazole rings is 1. The molecule has 150 valence electrons. The van der Waals surface area contributed by atoms with E-state index in [9.17, 15) is 8.42 Å². The molecule has 0 unspecified atom stereocenters. The normalized spacial score (nSPS) is 11.8. The van der Waals surface area contributed by atoms with Crippen molar-refractivity contribution in [3.63, 3.8) is 0 Å². The molecule has 0 amide bonds. The van der Waals surface area contributed by atoms with Gasteiger partial charge in [0.05, 0.1) is 23.7 Å². The van der Waals surface area contributed by atoms with Gasteiger partial charge in [-0.25, -0.2) is 18.4 Å². The minimum atomic E-state index is -3.20. The molecule has 0 spiro atoms.